The molecule has 2 fully saturated rings. The first-order chi connectivity index (χ1) is 10.9. The molecule has 0 saturated carbocycles. The van der Waals surface area contributed by atoms with Crippen molar-refractivity contribution in [2.45, 2.75) is 11.3 Å². The van der Waals surface area contributed by atoms with E-state index < -0.39 is 15.8 Å². The molecule has 23 heavy (non-hydrogen) atoms. The molecular weight excluding hydrogens is 319 g/mol. The van der Waals surface area contributed by atoms with E-state index in [0.717, 1.165) is 25.6 Å². The number of sulfonamides is 1. The third-order valence-corrected chi connectivity index (χ3v) is 6.98. The topological polar surface area (TPSA) is 49.9 Å². The first-order valence-electron chi connectivity index (χ1n) is 7.81. The zero-order valence-corrected chi connectivity index (χ0v) is 14.4. The minimum absolute atomic E-state index is 0.0317. The zero-order valence-electron chi connectivity index (χ0n) is 13.5. The van der Waals surface area contributed by atoms with Crippen LogP contribution in [-0.4, -0.2) is 64.6 Å². The average Bonchev–Trinajstić information content (AvgIpc) is 3.05. The van der Waals surface area contributed by atoms with E-state index in [1.54, 1.807) is 7.11 Å². The van der Waals surface area contributed by atoms with Gasteiger partial charge in [-0.05, 0) is 31.7 Å². The molecule has 1 aromatic rings. The minimum Gasteiger partial charge on any atom is -0.384 e. The summed E-state index contributed by atoms with van der Waals surface area (Å²) in [4.78, 5) is 2.27. The molecule has 0 aliphatic carbocycles. The number of likely N-dealkylation sites (tertiary alicyclic amines) is 1. The molecule has 2 aliphatic heterocycles. The van der Waals surface area contributed by atoms with Gasteiger partial charge in [-0.15, -0.1) is 0 Å². The molecule has 2 heterocycles. The fraction of sp³-hybridized carbons (Fsp3) is 0.625. The Balaban J connectivity index is 1.84. The van der Waals surface area contributed by atoms with Crippen molar-refractivity contribution in [1.29, 1.82) is 0 Å². The van der Waals surface area contributed by atoms with E-state index in [1.165, 1.54) is 22.5 Å². The number of benzene rings is 1. The van der Waals surface area contributed by atoms with E-state index in [1.807, 2.05) is 0 Å². The van der Waals surface area contributed by atoms with Gasteiger partial charge in [0.25, 0.3) is 0 Å². The molecule has 2 atom stereocenters. The van der Waals surface area contributed by atoms with E-state index in [9.17, 15) is 12.8 Å². The highest BCUT2D eigenvalue weighted by Crippen LogP contribution is 2.44. The van der Waals surface area contributed by atoms with Crippen LogP contribution in [0.25, 0.3) is 0 Å². The van der Waals surface area contributed by atoms with Crippen LogP contribution in [0, 0.1) is 17.2 Å². The Labute approximate surface area is 137 Å². The van der Waals surface area contributed by atoms with Crippen LogP contribution in [0.15, 0.2) is 29.2 Å². The predicted octanol–water partition coefficient (Wildman–Crippen LogP) is 1.41. The first kappa shape index (κ1) is 16.8. The molecule has 0 bridgehead atoms. The molecule has 1 aromatic carbocycles. The summed E-state index contributed by atoms with van der Waals surface area (Å²) in [5.41, 5.74) is -0.0643. The summed E-state index contributed by atoms with van der Waals surface area (Å²) >= 11 is 0. The van der Waals surface area contributed by atoms with Crippen molar-refractivity contribution in [3.8, 4) is 0 Å². The van der Waals surface area contributed by atoms with Crippen molar-refractivity contribution in [1.82, 2.24) is 9.21 Å². The van der Waals surface area contributed by atoms with Crippen LogP contribution in [0.5, 0.6) is 0 Å². The van der Waals surface area contributed by atoms with Gasteiger partial charge in [0.05, 0.1) is 11.5 Å². The summed E-state index contributed by atoms with van der Waals surface area (Å²) in [6.45, 7) is 3.38. The lowest BCUT2D eigenvalue weighted by Gasteiger charge is -2.30. The number of rotatable bonds is 4. The first-order valence-corrected chi connectivity index (χ1v) is 9.25. The molecule has 2 saturated heterocycles. The number of nitrogens with zero attached hydrogens (tertiary/aromatic N) is 2. The molecular formula is C16H23FN2O3S. The van der Waals surface area contributed by atoms with Crippen LogP contribution in [0.1, 0.15) is 6.42 Å². The number of halogens is 1. The van der Waals surface area contributed by atoms with E-state index >= 15 is 0 Å². The quantitative estimate of drug-likeness (QED) is 0.830. The van der Waals surface area contributed by atoms with Crippen molar-refractivity contribution < 1.29 is 17.5 Å². The Hall–Kier alpha value is -1.02. The summed E-state index contributed by atoms with van der Waals surface area (Å²) in [5, 5.41) is 0. The maximum Gasteiger partial charge on any atom is 0.243 e. The molecule has 0 radical (unpaired) electrons. The third kappa shape index (κ3) is 3.03. The van der Waals surface area contributed by atoms with Gasteiger partial charge in [-0.2, -0.15) is 4.31 Å². The maximum absolute atomic E-state index is 13.4. The van der Waals surface area contributed by atoms with Gasteiger partial charge in [0.2, 0.25) is 10.0 Å². The third-order valence-electron chi connectivity index (χ3n) is 5.13. The molecule has 0 aromatic heterocycles. The van der Waals surface area contributed by atoms with Crippen molar-refractivity contribution in [2.75, 3.05) is 46.9 Å². The highest BCUT2D eigenvalue weighted by Gasteiger charge is 2.51. The van der Waals surface area contributed by atoms with Gasteiger partial charge in [-0.1, -0.05) is 6.07 Å². The van der Waals surface area contributed by atoms with Gasteiger partial charge in [-0.25, -0.2) is 12.8 Å². The summed E-state index contributed by atoms with van der Waals surface area (Å²) in [6, 6.07) is 5.24. The van der Waals surface area contributed by atoms with Gasteiger partial charge < -0.3 is 9.64 Å². The van der Waals surface area contributed by atoms with Gasteiger partial charge in [0.15, 0.2) is 0 Å². The lowest BCUT2D eigenvalue weighted by atomic mass is 9.78. The molecule has 3 rings (SSSR count). The van der Waals surface area contributed by atoms with Gasteiger partial charge in [0, 0.05) is 44.6 Å². The Bertz CT molecular complexity index is 682. The Morgan fingerprint density at radius 3 is 2.87 bits per heavy atom. The standard InChI is InChI=1S/C16H23FN2O3S/c1-18-9-13(10-22-2)16(11-18)6-7-19(12-16)23(20,21)15-5-3-4-14(17)8-15/h3-5,8,13H,6-7,9-12H2,1-2H3/t13-,16+/m1/s1. The Morgan fingerprint density at radius 1 is 1.39 bits per heavy atom. The predicted molar refractivity (Wildman–Crippen MR) is 85.1 cm³/mol. The summed E-state index contributed by atoms with van der Waals surface area (Å²) < 4.78 is 45.8. The molecule has 2 aliphatic rings. The van der Waals surface area contributed by atoms with Crippen molar-refractivity contribution in [2.24, 2.45) is 11.3 Å². The molecule has 128 valence electrons. The van der Waals surface area contributed by atoms with Crippen molar-refractivity contribution in [3.05, 3.63) is 30.1 Å². The zero-order chi connectivity index (χ0) is 16.7. The maximum atomic E-state index is 13.4. The summed E-state index contributed by atoms with van der Waals surface area (Å²) in [7, 11) is 0.0930. The van der Waals surface area contributed by atoms with Crippen molar-refractivity contribution in [3.63, 3.8) is 0 Å². The second kappa shape index (κ2) is 6.12. The normalized spacial score (nSPS) is 29.6. The number of hydrogen-bond acceptors (Lipinski definition) is 4. The fourth-order valence-corrected chi connectivity index (χ4v) is 5.60. The second-order valence-corrected chi connectivity index (χ2v) is 8.70. The largest absolute Gasteiger partial charge is 0.384 e. The van der Waals surface area contributed by atoms with Gasteiger partial charge in [-0.3, -0.25) is 0 Å². The molecule has 7 heteroatoms. The van der Waals surface area contributed by atoms with E-state index in [-0.39, 0.29) is 10.3 Å². The van der Waals surface area contributed by atoms with Crippen LogP contribution < -0.4 is 0 Å². The molecule has 0 N–H and O–H groups in total. The summed E-state index contributed by atoms with van der Waals surface area (Å²) in [5.74, 6) is -0.206. The smallest absolute Gasteiger partial charge is 0.243 e. The van der Waals surface area contributed by atoms with E-state index in [4.69, 9.17) is 4.74 Å². The van der Waals surface area contributed by atoms with E-state index in [0.29, 0.717) is 25.6 Å². The monoisotopic (exact) mass is 342 g/mol. The molecule has 1 spiro atoms. The molecule has 0 unspecified atom stereocenters. The van der Waals surface area contributed by atoms with Crippen molar-refractivity contribution >= 4 is 10.0 Å². The minimum atomic E-state index is -3.65. The second-order valence-electron chi connectivity index (χ2n) is 6.76. The highest BCUT2D eigenvalue weighted by molar-refractivity contribution is 7.89. The van der Waals surface area contributed by atoms with Gasteiger partial charge in [0.1, 0.15) is 5.82 Å². The van der Waals surface area contributed by atoms with Gasteiger partial charge >= 0.3 is 0 Å². The number of hydrogen-bond donors (Lipinski definition) is 0. The Morgan fingerprint density at radius 2 is 2.17 bits per heavy atom. The lowest BCUT2D eigenvalue weighted by molar-refractivity contribution is 0.101. The summed E-state index contributed by atoms with van der Waals surface area (Å²) in [6.07, 6.45) is 0.819. The number of methoxy groups -OCH3 is 1. The molecule has 5 nitrogen and oxygen atoms in total. The fourth-order valence-electron chi connectivity index (χ4n) is 4.03. The lowest BCUT2D eigenvalue weighted by Crippen LogP contribution is -2.38. The highest BCUT2D eigenvalue weighted by atomic mass is 32.2. The average molecular weight is 342 g/mol. The Kier molecular flexibility index (Phi) is 4.48. The van der Waals surface area contributed by atoms with Crippen LogP contribution in [0.2, 0.25) is 0 Å². The molecule has 0 amide bonds. The van der Waals surface area contributed by atoms with E-state index in [2.05, 4.69) is 11.9 Å². The van der Waals surface area contributed by atoms with Crippen LogP contribution in [-0.2, 0) is 14.8 Å². The van der Waals surface area contributed by atoms with Crippen LogP contribution in [0.4, 0.5) is 4.39 Å². The van der Waals surface area contributed by atoms with Crippen LogP contribution >= 0.6 is 0 Å². The SMILES string of the molecule is COC[C@H]1CN(C)C[C@]12CCN(S(=O)(=O)c1cccc(F)c1)C2. The van der Waals surface area contributed by atoms with Crippen LogP contribution in [0.3, 0.4) is 0 Å². The number of ether oxygens (including phenoxy) is 1.